The third kappa shape index (κ3) is 4.31. The number of amides is 1. The number of methoxy groups -OCH3 is 2. The molecule has 0 fully saturated rings. The molecule has 0 saturated carbocycles. The van der Waals surface area contributed by atoms with Crippen LogP contribution in [0, 0.1) is 0 Å². The summed E-state index contributed by atoms with van der Waals surface area (Å²) in [6, 6.07) is 6.95. The van der Waals surface area contributed by atoms with E-state index in [0.29, 0.717) is 22.3 Å². The maximum absolute atomic E-state index is 12.4. The van der Waals surface area contributed by atoms with E-state index in [1.54, 1.807) is 57.8 Å². The van der Waals surface area contributed by atoms with Gasteiger partial charge in [0.05, 0.1) is 19.5 Å². The fourth-order valence-electron chi connectivity index (χ4n) is 2.15. The zero-order valence-electron chi connectivity index (χ0n) is 14.9. The van der Waals surface area contributed by atoms with Gasteiger partial charge in [-0.3, -0.25) is 10.1 Å². The predicted molar refractivity (Wildman–Crippen MR) is 98.2 cm³/mol. The molecule has 0 saturated heterocycles. The molecule has 0 spiro atoms. The highest BCUT2D eigenvalue weighted by Crippen LogP contribution is 2.31. The molecular formula is C16H17N7O3S. The Hall–Kier alpha value is -3.21. The van der Waals surface area contributed by atoms with Gasteiger partial charge in [-0.25, -0.2) is 9.97 Å². The molecule has 3 rings (SSSR count). The van der Waals surface area contributed by atoms with Crippen molar-refractivity contribution in [1.29, 1.82) is 0 Å². The van der Waals surface area contributed by atoms with Crippen molar-refractivity contribution in [3.8, 4) is 17.2 Å². The number of hydrogen-bond acceptors (Lipinski definition) is 9. The number of nitrogens with one attached hydrogen (secondary N) is 1. The molecule has 10 nitrogen and oxygen atoms in total. The average molecular weight is 387 g/mol. The molecule has 0 aliphatic rings. The summed E-state index contributed by atoms with van der Waals surface area (Å²) in [7, 11) is 3.12. The molecular weight excluding hydrogens is 370 g/mol. The van der Waals surface area contributed by atoms with Crippen LogP contribution in [0.4, 0.5) is 5.95 Å². The van der Waals surface area contributed by atoms with Crippen LogP contribution in [0.25, 0.3) is 5.69 Å². The molecule has 2 aromatic heterocycles. The van der Waals surface area contributed by atoms with Crippen molar-refractivity contribution in [2.24, 2.45) is 0 Å². The van der Waals surface area contributed by atoms with Gasteiger partial charge < -0.3 is 9.47 Å². The van der Waals surface area contributed by atoms with Crippen molar-refractivity contribution in [2.45, 2.75) is 17.3 Å². The molecule has 0 bridgehead atoms. The molecule has 1 aromatic carbocycles. The fraction of sp³-hybridized carbons (Fsp3) is 0.250. The third-order valence-corrected chi connectivity index (χ3v) is 4.54. The molecule has 0 radical (unpaired) electrons. The largest absolute Gasteiger partial charge is 0.497 e. The molecule has 27 heavy (non-hydrogen) atoms. The number of thioether (sulfide) groups is 1. The van der Waals surface area contributed by atoms with Crippen LogP contribution in [0.15, 0.2) is 41.8 Å². The number of carbonyl (C=O) groups is 1. The zero-order valence-corrected chi connectivity index (χ0v) is 15.7. The summed E-state index contributed by atoms with van der Waals surface area (Å²) in [5.74, 6) is 1.17. The number of carbonyl (C=O) groups excluding carboxylic acids is 1. The fourth-order valence-corrected chi connectivity index (χ4v) is 2.95. The van der Waals surface area contributed by atoms with Gasteiger partial charge in [0.2, 0.25) is 17.0 Å². The van der Waals surface area contributed by atoms with Gasteiger partial charge in [-0.2, -0.15) is 4.68 Å². The molecule has 1 N–H and O–H groups in total. The smallest absolute Gasteiger partial charge is 0.240 e. The van der Waals surface area contributed by atoms with E-state index in [1.165, 1.54) is 16.4 Å². The standard InChI is InChI=1S/C16H17N7O3S/c1-10(14(24)19-15-17-7-4-8-18-15)27-16-20-21-22-23(16)12-9-11(25-2)5-6-13(12)26-3/h4-10H,1-3H3,(H,17,18,19,24). The summed E-state index contributed by atoms with van der Waals surface area (Å²) in [5.41, 5.74) is 0.600. The van der Waals surface area contributed by atoms with Gasteiger partial charge in [-0.1, -0.05) is 11.8 Å². The summed E-state index contributed by atoms with van der Waals surface area (Å²) < 4.78 is 12.1. The second kappa shape index (κ2) is 8.45. The highest BCUT2D eigenvalue weighted by molar-refractivity contribution is 8.00. The highest BCUT2D eigenvalue weighted by Gasteiger charge is 2.21. The van der Waals surface area contributed by atoms with Crippen LogP contribution in [-0.4, -0.2) is 55.6 Å². The molecule has 0 aliphatic heterocycles. The number of nitrogens with zero attached hydrogens (tertiary/aromatic N) is 6. The SMILES string of the molecule is COc1ccc(OC)c(-n2nnnc2SC(C)C(=O)Nc2ncccn2)c1. The predicted octanol–water partition coefficient (Wildman–Crippen LogP) is 1.59. The first-order valence-electron chi connectivity index (χ1n) is 7.87. The number of aromatic nitrogens is 6. The van der Waals surface area contributed by atoms with E-state index in [-0.39, 0.29) is 11.9 Å². The van der Waals surface area contributed by atoms with Gasteiger partial charge >= 0.3 is 0 Å². The summed E-state index contributed by atoms with van der Waals surface area (Å²) in [6.45, 7) is 1.74. The number of ether oxygens (including phenoxy) is 2. The summed E-state index contributed by atoms with van der Waals surface area (Å²) >= 11 is 1.19. The molecule has 2 heterocycles. The van der Waals surface area contributed by atoms with Crippen molar-refractivity contribution in [2.75, 3.05) is 19.5 Å². The number of rotatable bonds is 7. The lowest BCUT2D eigenvalue weighted by Gasteiger charge is -2.13. The normalized spacial score (nSPS) is 11.7. The van der Waals surface area contributed by atoms with E-state index >= 15 is 0 Å². The van der Waals surface area contributed by atoms with Crippen LogP contribution in [-0.2, 0) is 4.79 Å². The number of tetrazole rings is 1. The lowest BCUT2D eigenvalue weighted by molar-refractivity contribution is -0.115. The first kappa shape index (κ1) is 18.6. The molecule has 0 aliphatic carbocycles. The third-order valence-electron chi connectivity index (χ3n) is 3.51. The van der Waals surface area contributed by atoms with E-state index in [1.807, 2.05) is 0 Å². The van der Waals surface area contributed by atoms with Crippen LogP contribution < -0.4 is 14.8 Å². The van der Waals surface area contributed by atoms with E-state index in [2.05, 4.69) is 30.8 Å². The van der Waals surface area contributed by atoms with E-state index in [9.17, 15) is 4.79 Å². The lowest BCUT2D eigenvalue weighted by atomic mass is 10.3. The molecule has 1 unspecified atom stereocenters. The Morgan fingerprint density at radius 1 is 1.22 bits per heavy atom. The second-order valence-electron chi connectivity index (χ2n) is 5.23. The Balaban J connectivity index is 1.80. The molecule has 1 atom stereocenters. The van der Waals surface area contributed by atoms with E-state index < -0.39 is 5.25 Å². The molecule has 3 aromatic rings. The Labute approximate surface area is 159 Å². The van der Waals surface area contributed by atoms with Crippen molar-refractivity contribution in [3.63, 3.8) is 0 Å². The minimum atomic E-state index is -0.491. The Morgan fingerprint density at radius 2 is 2.00 bits per heavy atom. The van der Waals surface area contributed by atoms with Crippen LogP contribution >= 0.6 is 11.8 Å². The van der Waals surface area contributed by atoms with Crippen molar-refractivity contribution >= 4 is 23.6 Å². The minimum Gasteiger partial charge on any atom is -0.497 e. The number of anilines is 1. The average Bonchev–Trinajstić information content (AvgIpc) is 3.16. The van der Waals surface area contributed by atoms with E-state index in [4.69, 9.17) is 9.47 Å². The summed E-state index contributed by atoms with van der Waals surface area (Å²) in [5, 5.41) is 14.3. The van der Waals surface area contributed by atoms with Crippen LogP contribution in [0.2, 0.25) is 0 Å². The second-order valence-corrected chi connectivity index (χ2v) is 6.54. The van der Waals surface area contributed by atoms with Gasteiger partial charge in [0.15, 0.2) is 0 Å². The van der Waals surface area contributed by atoms with Crippen LogP contribution in [0.1, 0.15) is 6.92 Å². The quantitative estimate of drug-likeness (QED) is 0.603. The van der Waals surface area contributed by atoms with Gasteiger partial charge in [0.1, 0.15) is 17.2 Å². The van der Waals surface area contributed by atoms with Gasteiger partial charge in [-0.15, -0.1) is 5.10 Å². The lowest BCUT2D eigenvalue weighted by Crippen LogP contribution is -2.24. The van der Waals surface area contributed by atoms with E-state index in [0.717, 1.165) is 0 Å². The molecule has 140 valence electrons. The zero-order chi connectivity index (χ0) is 19.2. The molecule has 11 heteroatoms. The summed E-state index contributed by atoms with van der Waals surface area (Å²) in [6.07, 6.45) is 3.10. The van der Waals surface area contributed by atoms with Gasteiger partial charge in [-0.05, 0) is 35.5 Å². The Morgan fingerprint density at radius 3 is 2.70 bits per heavy atom. The Bertz CT molecular complexity index is 919. The topological polar surface area (TPSA) is 117 Å². The van der Waals surface area contributed by atoms with Crippen molar-refractivity contribution in [3.05, 3.63) is 36.7 Å². The van der Waals surface area contributed by atoms with Gasteiger partial charge in [0.25, 0.3) is 0 Å². The first-order valence-corrected chi connectivity index (χ1v) is 8.75. The minimum absolute atomic E-state index is 0.240. The van der Waals surface area contributed by atoms with Crippen molar-refractivity contribution in [1.82, 2.24) is 30.2 Å². The monoisotopic (exact) mass is 387 g/mol. The Kier molecular flexibility index (Phi) is 5.81. The van der Waals surface area contributed by atoms with Crippen LogP contribution in [0.5, 0.6) is 11.5 Å². The molecule has 1 amide bonds. The van der Waals surface area contributed by atoms with Crippen molar-refractivity contribution < 1.29 is 14.3 Å². The van der Waals surface area contributed by atoms with Gasteiger partial charge in [0, 0.05) is 18.5 Å². The summed E-state index contributed by atoms with van der Waals surface area (Å²) in [4.78, 5) is 20.3. The first-order chi connectivity index (χ1) is 13.1. The maximum atomic E-state index is 12.4. The van der Waals surface area contributed by atoms with Crippen LogP contribution in [0.3, 0.4) is 0 Å². The maximum Gasteiger partial charge on any atom is 0.240 e. The number of hydrogen-bond donors (Lipinski definition) is 1. The highest BCUT2D eigenvalue weighted by atomic mass is 32.2. The number of benzene rings is 1.